The Kier molecular flexibility index (Phi) is 4.76. The van der Waals surface area contributed by atoms with Gasteiger partial charge in [0.05, 0.1) is 5.69 Å². The molecule has 0 atom stereocenters. The second-order valence-corrected chi connectivity index (χ2v) is 5.94. The van der Waals surface area contributed by atoms with Crippen molar-refractivity contribution in [2.75, 3.05) is 5.73 Å². The lowest BCUT2D eigenvalue weighted by molar-refractivity contribution is -0.131. The van der Waals surface area contributed by atoms with Gasteiger partial charge in [-0.05, 0) is 46.3 Å². The summed E-state index contributed by atoms with van der Waals surface area (Å²) in [6, 6.07) is 14.7. The molecular weight excluding hydrogens is 326 g/mol. The minimum Gasteiger partial charge on any atom is -0.427 e. The summed E-state index contributed by atoms with van der Waals surface area (Å²) < 4.78 is 6.66. The summed E-state index contributed by atoms with van der Waals surface area (Å²) in [6.07, 6.45) is 0. The van der Waals surface area contributed by atoms with Crippen LogP contribution in [-0.2, 0) is 10.5 Å². The normalized spacial score (nSPS) is 10.5. The smallest absolute Gasteiger partial charge is 0.308 e. The van der Waals surface area contributed by atoms with Crippen LogP contribution in [0.15, 0.2) is 53.7 Å². The monoisotopic (exact) mass is 341 g/mol. The maximum Gasteiger partial charge on any atom is 0.308 e. The number of benzene rings is 2. The topological polar surface area (TPSA) is 95.9 Å². The van der Waals surface area contributed by atoms with Gasteiger partial charge < -0.3 is 10.5 Å². The van der Waals surface area contributed by atoms with Gasteiger partial charge in [-0.15, -0.1) is 5.10 Å². The zero-order chi connectivity index (χ0) is 16.9. The van der Waals surface area contributed by atoms with Gasteiger partial charge in [0, 0.05) is 18.4 Å². The predicted molar refractivity (Wildman–Crippen MR) is 90.9 cm³/mol. The van der Waals surface area contributed by atoms with E-state index in [1.807, 2.05) is 36.4 Å². The first-order valence-corrected chi connectivity index (χ1v) is 8.15. The highest BCUT2D eigenvalue weighted by Gasteiger charge is 2.09. The highest BCUT2D eigenvalue weighted by atomic mass is 32.2. The molecule has 0 amide bonds. The van der Waals surface area contributed by atoms with E-state index in [-0.39, 0.29) is 5.97 Å². The van der Waals surface area contributed by atoms with Crippen LogP contribution in [0.5, 0.6) is 5.75 Å². The number of nitrogens with zero attached hydrogens (tertiary/aromatic N) is 4. The van der Waals surface area contributed by atoms with E-state index in [9.17, 15) is 4.79 Å². The lowest BCUT2D eigenvalue weighted by atomic mass is 10.2. The van der Waals surface area contributed by atoms with Gasteiger partial charge in [-0.2, -0.15) is 4.68 Å². The number of carbonyl (C=O) groups excluding carboxylic acids is 1. The number of anilines is 1. The number of aromatic nitrogens is 4. The number of nitrogens with two attached hydrogens (primary N) is 1. The van der Waals surface area contributed by atoms with Gasteiger partial charge in [-0.25, -0.2) is 0 Å². The summed E-state index contributed by atoms with van der Waals surface area (Å²) in [5.41, 5.74) is 8.34. The molecule has 1 aromatic heterocycles. The molecule has 0 aliphatic rings. The third-order valence-electron chi connectivity index (χ3n) is 3.11. The summed E-state index contributed by atoms with van der Waals surface area (Å²) in [6.45, 7) is 1.37. The number of esters is 1. The van der Waals surface area contributed by atoms with Crippen LogP contribution in [0.4, 0.5) is 5.69 Å². The van der Waals surface area contributed by atoms with Crippen molar-refractivity contribution in [1.29, 1.82) is 0 Å². The molecule has 1 heterocycles. The molecule has 2 N–H and O–H groups in total. The van der Waals surface area contributed by atoms with E-state index in [0.717, 1.165) is 11.3 Å². The third kappa shape index (κ3) is 3.90. The van der Waals surface area contributed by atoms with Crippen molar-refractivity contribution in [3.63, 3.8) is 0 Å². The number of tetrazole rings is 1. The minimum absolute atomic E-state index is 0.335. The zero-order valence-corrected chi connectivity index (χ0v) is 13.7. The molecule has 0 spiro atoms. The Morgan fingerprint density at radius 2 is 2.04 bits per heavy atom. The van der Waals surface area contributed by atoms with E-state index >= 15 is 0 Å². The van der Waals surface area contributed by atoms with Gasteiger partial charge in [0.1, 0.15) is 5.75 Å². The van der Waals surface area contributed by atoms with Crippen LogP contribution in [0, 0.1) is 0 Å². The molecule has 0 aliphatic carbocycles. The summed E-state index contributed by atoms with van der Waals surface area (Å²) in [5.74, 6) is 0.877. The van der Waals surface area contributed by atoms with Crippen LogP contribution in [0.2, 0.25) is 0 Å². The quantitative estimate of drug-likeness (QED) is 0.329. The van der Waals surface area contributed by atoms with E-state index in [1.54, 1.807) is 16.8 Å². The Balaban J connectivity index is 1.69. The largest absolute Gasteiger partial charge is 0.427 e. The fourth-order valence-corrected chi connectivity index (χ4v) is 2.90. The molecule has 8 heteroatoms. The fourth-order valence-electron chi connectivity index (χ4n) is 2.06. The number of nitrogen functional groups attached to an aromatic ring is 1. The van der Waals surface area contributed by atoms with E-state index in [2.05, 4.69) is 15.5 Å². The van der Waals surface area contributed by atoms with Crippen molar-refractivity contribution in [3.05, 3.63) is 54.1 Å². The van der Waals surface area contributed by atoms with Gasteiger partial charge in [-0.3, -0.25) is 4.79 Å². The number of carbonyl (C=O) groups is 1. The van der Waals surface area contributed by atoms with Crippen molar-refractivity contribution in [1.82, 2.24) is 20.2 Å². The maximum absolute atomic E-state index is 10.9. The number of ether oxygens (including phenoxy) is 1. The van der Waals surface area contributed by atoms with Crippen molar-refractivity contribution in [2.45, 2.75) is 17.8 Å². The maximum atomic E-state index is 10.9. The Morgan fingerprint density at radius 3 is 2.75 bits per heavy atom. The van der Waals surface area contributed by atoms with Gasteiger partial charge in [0.2, 0.25) is 5.16 Å². The molecule has 0 saturated carbocycles. The molecule has 0 radical (unpaired) electrons. The Bertz CT molecular complexity index is 848. The standard InChI is InChI=1S/C16H15N5O2S/c1-11(22)23-15-7-5-12(6-8-15)10-24-16-18-19-20-21(16)14-4-2-3-13(17)9-14/h2-9H,10,17H2,1H3. The van der Waals surface area contributed by atoms with Crippen LogP contribution >= 0.6 is 11.8 Å². The molecule has 3 aromatic rings. The average Bonchev–Trinajstić information content (AvgIpc) is 3.02. The Hall–Kier alpha value is -2.87. The molecule has 2 aromatic carbocycles. The van der Waals surface area contributed by atoms with E-state index in [0.29, 0.717) is 22.3 Å². The number of hydrogen-bond donors (Lipinski definition) is 1. The first-order chi connectivity index (χ1) is 11.6. The lowest BCUT2D eigenvalue weighted by Gasteiger charge is -2.06. The lowest BCUT2D eigenvalue weighted by Crippen LogP contribution is -2.01. The Morgan fingerprint density at radius 1 is 1.25 bits per heavy atom. The highest BCUT2D eigenvalue weighted by molar-refractivity contribution is 7.98. The summed E-state index contributed by atoms with van der Waals surface area (Å²) in [5, 5.41) is 12.5. The number of hydrogen-bond acceptors (Lipinski definition) is 7. The summed E-state index contributed by atoms with van der Waals surface area (Å²) in [7, 11) is 0. The molecule has 0 bridgehead atoms. The van der Waals surface area contributed by atoms with Crippen LogP contribution in [0.25, 0.3) is 5.69 Å². The molecule has 0 fully saturated rings. The van der Waals surface area contributed by atoms with Crippen LogP contribution in [-0.4, -0.2) is 26.2 Å². The first-order valence-electron chi connectivity index (χ1n) is 7.16. The van der Waals surface area contributed by atoms with Gasteiger partial charge in [0.15, 0.2) is 0 Å². The SMILES string of the molecule is CC(=O)Oc1ccc(CSc2nnnn2-c2cccc(N)c2)cc1. The van der Waals surface area contributed by atoms with Crippen molar-refractivity contribution >= 4 is 23.4 Å². The minimum atomic E-state index is -0.335. The molecule has 3 rings (SSSR count). The van der Waals surface area contributed by atoms with Crippen molar-refractivity contribution in [2.24, 2.45) is 0 Å². The van der Waals surface area contributed by atoms with E-state index < -0.39 is 0 Å². The van der Waals surface area contributed by atoms with Gasteiger partial charge >= 0.3 is 5.97 Å². The first kappa shape index (κ1) is 16.0. The molecule has 0 unspecified atom stereocenters. The van der Waals surface area contributed by atoms with Crippen LogP contribution in [0.3, 0.4) is 0 Å². The highest BCUT2D eigenvalue weighted by Crippen LogP contribution is 2.24. The summed E-state index contributed by atoms with van der Waals surface area (Å²) >= 11 is 1.51. The van der Waals surface area contributed by atoms with E-state index in [4.69, 9.17) is 10.5 Å². The predicted octanol–water partition coefficient (Wildman–Crippen LogP) is 2.46. The van der Waals surface area contributed by atoms with Crippen LogP contribution in [0.1, 0.15) is 12.5 Å². The fraction of sp³-hybridized carbons (Fsp3) is 0.125. The summed E-state index contributed by atoms with van der Waals surface area (Å²) in [4.78, 5) is 10.9. The van der Waals surface area contributed by atoms with Crippen LogP contribution < -0.4 is 10.5 Å². The molecule has 7 nitrogen and oxygen atoms in total. The van der Waals surface area contributed by atoms with Crippen molar-refractivity contribution < 1.29 is 9.53 Å². The van der Waals surface area contributed by atoms with Gasteiger partial charge in [-0.1, -0.05) is 30.0 Å². The number of thioether (sulfide) groups is 1. The zero-order valence-electron chi connectivity index (χ0n) is 12.9. The average molecular weight is 341 g/mol. The van der Waals surface area contributed by atoms with Crippen molar-refractivity contribution in [3.8, 4) is 11.4 Å². The molecule has 0 aliphatic heterocycles. The molecule has 122 valence electrons. The third-order valence-corrected chi connectivity index (χ3v) is 4.10. The van der Waals surface area contributed by atoms with Gasteiger partial charge in [0.25, 0.3) is 0 Å². The number of rotatable bonds is 5. The molecule has 24 heavy (non-hydrogen) atoms. The second-order valence-electron chi connectivity index (χ2n) is 4.99. The molecular formula is C16H15N5O2S. The molecule has 0 saturated heterocycles. The Labute approximate surface area is 142 Å². The van der Waals surface area contributed by atoms with E-state index in [1.165, 1.54) is 18.7 Å². The second kappa shape index (κ2) is 7.14.